The van der Waals surface area contributed by atoms with E-state index in [1.54, 1.807) is 0 Å². The molecule has 0 aromatic heterocycles. The van der Waals surface area contributed by atoms with Crippen molar-refractivity contribution in [3.8, 4) is 0 Å². The van der Waals surface area contributed by atoms with E-state index in [2.05, 4.69) is 13.8 Å². The molecule has 0 radical (unpaired) electrons. The van der Waals surface area contributed by atoms with E-state index < -0.39 is 5.97 Å². The van der Waals surface area contributed by atoms with E-state index in [-0.39, 0.29) is 11.3 Å². The highest BCUT2D eigenvalue weighted by Gasteiger charge is 2.60. The predicted molar refractivity (Wildman–Crippen MR) is 87.5 cm³/mol. The molecule has 4 fully saturated rings. The van der Waals surface area contributed by atoms with Crippen molar-refractivity contribution in [2.24, 2.45) is 40.4 Å². The van der Waals surface area contributed by atoms with Crippen LogP contribution in [0.25, 0.3) is 0 Å². The number of carboxylic acid groups (broad SMARTS) is 1. The van der Waals surface area contributed by atoms with Gasteiger partial charge in [-0.15, -0.1) is 0 Å². The summed E-state index contributed by atoms with van der Waals surface area (Å²) in [7, 11) is 0. The molecule has 0 aliphatic heterocycles. The van der Waals surface area contributed by atoms with Crippen molar-refractivity contribution < 1.29 is 9.90 Å². The zero-order valence-electron chi connectivity index (χ0n) is 14.3. The second-order valence-corrected chi connectivity index (χ2v) is 9.42. The summed E-state index contributed by atoms with van der Waals surface area (Å²) in [6.45, 7) is 4.91. The highest BCUT2D eigenvalue weighted by molar-refractivity contribution is 5.71. The Morgan fingerprint density at radius 1 is 0.909 bits per heavy atom. The predicted octanol–water partition coefficient (Wildman–Crippen LogP) is 5.12. The first-order valence-electron chi connectivity index (χ1n) is 9.69. The number of carboxylic acids is 1. The van der Waals surface area contributed by atoms with Gasteiger partial charge in [0.25, 0.3) is 0 Å². The van der Waals surface area contributed by atoms with Crippen LogP contribution in [-0.2, 0) is 4.79 Å². The Kier molecular flexibility index (Phi) is 3.40. The summed E-state index contributed by atoms with van der Waals surface area (Å²) >= 11 is 0. The van der Waals surface area contributed by atoms with Crippen LogP contribution in [0, 0.1) is 40.4 Å². The van der Waals surface area contributed by atoms with Gasteiger partial charge in [-0.2, -0.15) is 0 Å². The van der Waals surface area contributed by atoms with E-state index in [0.717, 1.165) is 24.7 Å². The molecule has 7 atom stereocenters. The smallest absolute Gasteiger partial charge is 0.307 e. The number of rotatable bonds is 1. The number of fused-ring (bicyclic) bond motifs is 5. The molecule has 0 bridgehead atoms. The summed E-state index contributed by atoms with van der Waals surface area (Å²) in [5.41, 5.74) is 0.661. The minimum Gasteiger partial charge on any atom is -0.481 e. The first-order chi connectivity index (χ1) is 10.5. The van der Waals surface area contributed by atoms with Gasteiger partial charge in [-0.05, 0) is 85.9 Å². The molecule has 0 aromatic rings. The summed E-state index contributed by atoms with van der Waals surface area (Å²) < 4.78 is 0. The summed E-state index contributed by atoms with van der Waals surface area (Å²) in [6, 6.07) is 0. The minimum atomic E-state index is -0.507. The van der Waals surface area contributed by atoms with Crippen LogP contribution in [-0.4, -0.2) is 11.1 Å². The van der Waals surface area contributed by atoms with Crippen LogP contribution in [0.3, 0.4) is 0 Å². The molecular formula is C20H32O2. The van der Waals surface area contributed by atoms with Crippen LogP contribution >= 0.6 is 0 Å². The molecular weight excluding hydrogens is 272 g/mol. The zero-order chi connectivity index (χ0) is 15.5. The van der Waals surface area contributed by atoms with Gasteiger partial charge in [0.05, 0.1) is 5.92 Å². The highest BCUT2D eigenvalue weighted by atomic mass is 16.4. The zero-order valence-corrected chi connectivity index (χ0v) is 14.3. The summed E-state index contributed by atoms with van der Waals surface area (Å²) in [6.07, 6.45) is 12.9. The van der Waals surface area contributed by atoms with E-state index in [1.165, 1.54) is 51.4 Å². The Bertz CT molecular complexity index is 472. The molecule has 4 saturated carbocycles. The summed E-state index contributed by atoms with van der Waals surface area (Å²) in [5.74, 6) is 2.48. The monoisotopic (exact) mass is 304 g/mol. The third-order valence-electron chi connectivity index (χ3n) is 8.84. The van der Waals surface area contributed by atoms with Crippen molar-refractivity contribution in [3.05, 3.63) is 0 Å². The fraction of sp³-hybridized carbons (Fsp3) is 0.950. The van der Waals surface area contributed by atoms with Gasteiger partial charge < -0.3 is 5.11 Å². The molecule has 0 heterocycles. The van der Waals surface area contributed by atoms with Crippen molar-refractivity contribution in [1.82, 2.24) is 0 Å². The normalized spacial score (nSPS) is 54.2. The van der Waals surface area contributed by atoms with Crippen molar-refractivity contribution in [2.45, 2.75) is 78.1 Å². The molecule has 4 aliphatic rings. The van der Waals surface area contributed by atoms with E-state index in [9.17, 15) is 9.90 Å². The topological polar surface area (TPSA) is 37.3 Å². The van der Waals surface area contributed by atoms with Crippen LogP contribution in [0.2, 0.25) is 0 Å². The molecule has 4 rings (SSSR count). The van der Waals surface area contributed by atoms with Gasteiger partial charge >= 0.3 is 5.97 Å². The van der Waals surface area contributed by atoms with Gasteiger partial charge in [-0.3, -0.25) is 4.79 Å². The Morgan fingerprint density at radius 2 is 1.73 bits per heavy atom. The molecule has 0 amide bonds. The maximum atomic E-state index is 12.0. The van der Waals surface area contributed by atoms with Gasteiger partial charge in [0.15, 0.2) is 0 Å². The maximum Gasteiger partial charge on any atom is 0.307 e. The minimum absolute atomic E-state index is 0.0789. The lowest BCUT2D eigenvalue weighted by Gasteiger charge is -2.61. The molecule has 2 heteroatoms. The van der Waals surface area contributed by atoms with Crippen molar-refractivity contribution >= 4 is 5.97 Å². The molecule has 124 valence electrons. The van der Waals surface area contributed by atoms with Crippen LogP contribution in [0.4, 0.5) is 0 Å². The van der Waals surface area contributed by atoms with E-state index in [4.69, 9.17) is 0 Å². The maximum absolute atomic E-state index is 12.0. The molecule has 0 spiro atoms. The lowest BCUT2D eigenvalue weighted by Crippen LogP contribution is -2.56. The van der Waals surface area contributed by atoms with Gasteiger partial charge in [0, 0.05) is 0 Å². The molecule has 2 nitrogen and oxygen atoms in total. The Hall–Kier alpha value is -0.530. The SMILES string of the molecule is C[C@@]12CCC[C@H]1[C@@H]1CC[C@@H]3CCCC(C(=O)O)[C@]3(C)[C@H]1CC2. The third-order valence-corrected chi connectivity index (χ3v) is 8.84. The standard InChI is InChI=1S/C20H32O2/c1-19-11-4-7-15(19)14-9-8-13-5-3-6-17(18(21)22)20(13,2)16(14)10-12-19/h13-17H,3-12H2,1-2H3,(H,21,22)/t13-,14-,15-,16-,17?,19-,20-/m0/s1. The Labute approximate surface area is 135 Å². The van der Waals surface area contributed by atoms with Crippen LogP contribution in [0.1, 0.15) is 78.1 Å². The first kappa shape index (κ1) is 15.0. The quantitative estimate of drug-likeness (QED) is 0.730. The Morgan fingerprint density at radius 3 is 2.50 bits per heavy atom. The van der Waals surface area contributed by atoms with Gasteiger partial charge in [0.2, 0.25) is 0 Å². The Balaban J connectivity index is 1.70. The average Bonchev–Trinajstić information content (AvgIpc) is 2.87. The third kappa shape index (κ3) is 1.88. The fourth-order valence-electron chi connectivity index (χ4n) is 7.73. The second-order valence-electron chi connectivity index (χ2n) is 9.42. The van der Waals surface area contributed by atoms with Crippen LogP contribution in [0.15, 0.2) is 0 Å². The van der Waals surface area contributed by atoms with Crippen LogP contribution < -0.4 is 0 Å². The average molecular weight is 304 g/mol. The number of hydrogen-bond donors (Lipinski definition) is 1. The summed E-state index contributed by atoms with van der Waals surface area (Å²) in [5, 5.41) is 9.87. The number of aliphatic carboxylic acids is 1. The van der Waals surface area contributed by atoms with E-state index >= 15 is 0 Å². The van der Waals surface area contributed by atoms with Gasteiger partial charge in [-0.1, -0.05) is 26.7 Å². The van der Waals surface area contributed by atoms with E-state index in [1.807, 2.05) is 0 Å². The van der Waals surface area contributed by atoms with Crippen molar-refractivity contribution in [2.75, 3.05) is 0 Å². The number of hydrogen-bond acceptors (Lipinski definition) is 1. The van der Waals surface area contributed by atoms with E-state index in [0.29, 0.717) is 17.3 Å². The largest absolute Gasteiger partial charge is 0.481 e. The lowest BCUT2D eigenvalue weighted by molar-refractivity contribution is -0.170. The molecule has 4 aliphatic carbocycles. The molecule has 22 heavy (non-hydrogen) atoms. The van der Waals surface area contributed by atoms with Crippen molar-refractivity contribution in [3.63, 3.8) is 0 Å². The first-order valence-corrected chi connectivity index (χ1v) is 9.69. The van der Waals surface area contributed by atoms with Crippen molar-refractivity contribution in [1.29, 1.82) is 0 Å². The van der Waals surface area contributed by atoms with Crippen LogP contribution in [0.5, 0.6) is 0 Å². The fourth-order valence-corrected chi connectivity index (χ4v) is 7.73. The number of carbonyl (C=O) groups is 1. The molecule has 0 aromatic carbocycles. The summed E-state index contributed by atoms with van der Waals surface area (Å²) in [4.78, 5) is 12.0. The molecule has 1 N–H and O–H groups in total. The molecule has 1 unspecified atom stereocenters. The second kappa shape index (κ2) is 4.98. The highest BCUT2D eigenvalue weighted by Crippen LogP contribution is 2.67. The van der Waals surface area contributed by atoms with Gasteiger partial charge in [-0.25, -0.2) is 0 Å². The van der Waals surface area contributed by atoms with Gasteiger partial charge in [0.1, 0.15) is 0 Å². The lowest BCUT2D eigenvalue weighted by atomic mass is 9.43. The molecule has 0 saturated heterocycles.